The van der Waals surface area contributed by atoms with Crippen molar-refractivity contribution in [2.75, 3.05) is 0 Å². The van der Waals surface area contributed by atoms with Crippen molar-refractivity contribution in [3.63, 3.8) is 0 Å². The highest BCUT2D eigenvalue weighted by atomic mass is 16.7. The second-order valence-electron chi connectivity index (χ2n) is 5.29. The average Bonchev–Trinajstić information content (AvgIpc) is 2.80. The zero-order chi connectivity index (χ0) is 16.4. The van der Waals surface area contributed by atoms with Crippen molar-refractivity contribution < 1.29 is 14.8 Å². The summed E-state index contributed by atoms with van der Waals surface area (Å²) >= 11 is 0. The van der Waals surface area contributed by atoms with Crippen LogP contribution in [0.3, 0.4) is 0 Å². The molecule has 0 bridgehead atoms. The van der Waals surface area contributed by atoms with Crippen LogP contribution in [0.25, 0.3) is 5.65 Å². The van der Waals surface area contributed by atoms with Crippen molar-refractivity contribution >= 4 is 18.4 Å². The summed E-state index contributed by atoms with van der Waals surface area (Å²) in [5, 5.41) is 4.16. The summed E-state index contributed by atoms with van der Waals surface area (Å²) < 4.78 is 44.2. The van der Waals surface area contributed by atoms with Crippen molar-refractivity contribution in [2.45, 2.75) is 38.9 Å². The van der Waals surface area contributed by atoms with E-state index in [0.29, 0.717) is 0 Å². The van der Waals surface area contributed by atoms with Crippen LogP contribution in [0.15, 0.2) is 24.4 Å². The van der Waals surface area contributed by atoms with Crippen LogP contribution >= 0.6 is 0 Å². The third-order valence-electron chi connectivity index (χ3n) is 3.50. The Hall–Kier alpha value is -1.40. The van der Waals surface area contributed by atoms with E-state index in [0.717, 1.165) is 4.52 Å². The van der Waals surface area contributed by atoms with E-state index in [1.807, 2.05) is 27.7 Å². The molecule has 3 heterocycles. The Balaban J connectivity index is 2.17. The van der Waals surface area contributed by atoms with Crippen LogP contribution in [0.1, 0.15) is 33.2 Å². The van der Waals surface area contributed by atoms with E-state index in [4.69, 9.17) is 14.8 Å². The van der Waals surface area contributed by atoms with Gasteiger partial charge in [0, 0.05) is 12.3 Å². The maximum Gasteiger partial charge on any atom is 0.516 e. The molecule has 2 aromatic rings. The fraction of sp³-hybridized carbons (Fsp3) is 0.500. The van der Waals surface area contributed by atoms with E-state index >= 15 is 0 Å². The van der Waals surface area contributed by atoms with E-state index in [1.165, 1.54) is 0 Å². The Bertz CT molecular complexity index is 762. The summed E-state index contributed by atoms with van der Waals surface area (Å²) in [5.41, 5.74) is -1.06. The monoisotopic (exact) mass is 249 g/mol. The number of fused-ring (bicyclic) bond motifs is 1. The van der Waals surface area contributed by atoms with Crippen LogP contribution in [-0.2, 0) is 9.31 Å². The third-order valence-corrected chi connectivity index (χ3v) is 3.50. The van der Waals surface area contributed by atoms with E-state index in [2.05, 4.69) is 10.1 Å². The summed E-state index contributed by atoms with van der Waals surface area (Å²) in [4.78, 5) is 3.79. The lowest BCUT2D eigenvalue weighted by Gasteiger charge is -2.32. The molecule has 1 saturated heterocycles. The van der Waals surface area contributed by atoms with Crippen LogP contribution in [0.5, 0.6) is 0 Å². The Kier molecular flexibility index (Phi) is 1.56. The van der Waals surface area contributed by atoms with Gasteiger partial charge in [0.25, 0.3) is 0 Å². The molecule has 18 heavy (non-hydrogen) atoms. The Morgan fingerprint density at radius 1 is 1.22 bits per heavy atom. The largest absolute Gasteiger partial charge is 0.516 e. The molecule has 0 radical (unpaired) electrons. The van der Waals surface area contributed by atoms with Crippen molar-refractivity contribution in [2.24, 2.45) is 0 Å². The molecule has 94 valence electrons. The van der Waals surface area contributed by atoms with Crippen LogP contribution in [0, 0.1) is 0 Å². The Morgan fingerprint density at radius 3 is 2.56 bits per heavy atom. The molecule has 1 aliphatic heterocycles. The van der Waals surface area contributed by atoms with Gasteiger partial charge in [-0.1, -0.05) is 0 Å². The van der Waals surface area contributed by atoms with Crippen LogP contribution in [0.2, 0.25) is 0 Å². The highest BCUT2D eigenvalue weighted by Crippen LogP contribution is 2.36. The molecule has 1 aliphatic rings. The molecule has 2 aromatic heterocycles. The van der Waals surface area contributed by atoms with Gasteiger partial charge in [0.1, 0.15) is 0 Å². The molecule has 3 rings (SSSR count). The quantitative estimate of drug-likeness (QED) is 0.708. The maximum atomic E-state index is 8.09. The second kappa shape index (κ2) is 3.55. The van der Waals surface area contributed by atoms with Crippen molar-refractivity contribution in [3.05, 3.63) is 24.4 Å². The maximum absolute atomic E-state index is 8.09. The zero-order valence-electron chi connectivity index (χ0n) is 14.7. The number of aromatic nitrogens is 3. The van der Waals surface area contributed by atoms with Gasteiger partial charge < -0.3 is 9.31 Å². The first-order valence-corrected chi connectivity index (χ1v) is 5.74. The summed E-state index contributed by atoms with van der Waals surface area (Å²) in [6.45, 7) is 7.52. The highest BCUT2D eigenvalue weighted by Gasteiger charge is 2.52. The molecule has 0 amide bonds. The van der Waals surface area contributed by atoms with Gasteiger partial charge in [0.2, 0.25) is 0 Å². The minimum Gasteiger partial charge on any atom is -0.398 e. The summed E-state index contributed by atoms with van der Waals surface area (Å²) in [6, 6.07) is -0.372. The number of nitrogens with zero attached hydrogens (tertiary/aromatic N) is 3. The molecule has 0 aromatic carbocycles. The molecule has 0 N–H and O–H groups in total. The van der Waals surface area contributed by atoms with Crippen molar-refractivity contribution in [1.29, 1.82) is 0 Å². The van der Waals surface area contributed by atoms with Crippen molar-refractivity contribution in [3.8, 4) is 0 Å². The van der Waals surface area contributed by atoms with Gasteiger partial charge in [-0.3, -0.25) is 0 Å². The lowest BCUT2D eigenvalue weighted by atomic mass is 9.85. The molecule has 0 atom stereocenters. The van der Waals surface area contributed by atoms with Crippen LogP contribution < -0.4 is 5.59 Å². The fourth-order valence-electron chi connectivity index (χ4n) is 1.69. The average molecular weight is 249 g/mol. The van der Waals surface area contributed by atoms with Crippen molar-refractivity contribution in [1.82, 2.24) is 14.6 Å². The normalized spacial score (nSPS) is 24.8. The third kappa shape index (κ3) is 1.64. The summed E-state index contributed by atoms with van der Waals surface area (Å²) in [7, 11) is -0.901. The minimum absolute atomic E-state index is 0.0141. The molecule has 1 fully saturated rings. The van der Waals surface area contributed by atoms with E-state index in [-0.39, 0.29) is 35.7 Å². The molecule has 0 spiro atoms. The minimum atomic E-state index is -0.901. The number of hydrogen-bond donors (Lipinski definition) is 0. The Labute approximate surface area is 112 Å². The molecule has 0 aliphatic carbocycles. The van der Waals surface area contributed by atoms with Crippen LogP contribution in [-0.4, -0.2) is 32.9 Å². The first-order chi connectivity index (χ1) is 10.0. The molecule has 0 saturated carbocycles. The molecule has 6 heteroatoms. The van der Waals surface area contributed by atoms with E-state index in [1.54, 1.807) is 0 Å². The summed E-state index contributed by atoms with van der Waals surface area (Å²) in [6.07, 6.45) is -0.521. The topological polar surface area (TPSA) is 48.7 Å². The zero-order valence-corrected chi connectivity index (χ0v) is 10.7. The molecular weight excluding hydrogens is 229 g/mol. The number of rotatable bonds is 1. The molecule has 0 unspecified atom stereocenters. The van der Waals surface area contributed by atoms with E-state index < -0.39 is 18.3 Å². The SMILES string of the molecule is [2H]c1nc2c([2H])c([2H])c(B3OC(C)(C)C(C)(C)O3)nn2c1[2H]. The van der Waals surface area contributed by atoms with Gasteiger partial charge >= 0.3 is 7.12 Å². The van der Waals surface area contributed by atoms with Gasteiger partial charge in [-0.2, -0.15) is 5.10 Å². The lowest BCUT2D eigenvalue weighted by Crippen LogP contribution is -2.41. The first kappa shape index (κ1) is 7.91. The van der Waals surface area contributed by atoms with Gasteiger partial charge in [-0.25, -0.2) is 9.50 Å². The molecular formula is C12H16BN3O2. The second-order valence-corrected chi connectivity index (χ2v) is 5.29. The predicted octanol–water partition coefficient (Wildman–Crippen LogP) is 1.03. The number of hydrogen-bond acceptors (Lipinski definition) is 4. The van der Waals surface area contributed by atoms with Gasteiger partial charge in [0.15, 0.2) is 5.65 Å². The number of imidazole rings is 1. The Morgan fingerprint density at radius 2 is 1.89 bits per heavy atom. The highest BCUT2D eigenvalue weighted by molar-refractivity contribution is 6.61. The van der Waals surface area contributed by atoms with Gasteiger partial charge in [0.05, 0.1) is 22.3 Å². The van der Waals surface area contributed by atoms with Crippen LogP contribution in [0.4, 0.5) is 0 Å². The van der Waals surface area contributed by atoms with Gasteiger partial charge in [-0.15, -0.1) is 0 Å². The predicted molar refractivity (Wildman–Crippen MR) is 68.7 cm³/mol. The smallest absolute Gasteiger partial charge is 0.398 e. The van der Waals surface area contributed by atoms with Gasteiger partial charge in [-0.05, 0) is 39.8 Å². The summed E-state index contributed by atoms with van der Waals surface area (Å²) in [5.74, 6) is 0. The van der Waals surface area contributed by atoms with E-state index in [9.17, 15) is 0 Å². The first-order valence-electron chi connectivity index (χ1n) is 7.74. The fourth-order valence-corrected chi connectivity index (χ4v) is 1.69. The molecule has 5 nitrogen and oxygen atoms in total. The standard InChI is InChI=1S/C12H16BN3O2/c1-11(2)12(3,4)18-13(17-11)9-5-6-10-14-7-8-16(10)15-9/h5-8H,1-4H3/i5D,6D,7D,8D. The lowest BCUT2D eigenvalue weighted by molar-refractivity contribution is 0.00578.